The average Bonchev–Trinajstić information content (AvgIpc) is 3.84. The first-order valence-electron chi connectivity index (χ1n) is 14.6. The molecule has 0 aromatic carbocycles. The van der Waals surface area contributed by atoms with Gasteiger partial charge in [-0.25, -0.2) is 18.4 Å². The van der Waals surface area contributed by atoms with E-state index >= 15 is 0 Å². The van der Waals surface area contributed by atoms with Gasteiger partial charge in [0.05, 0.1) is 47.9 Å². The second-order valence-corrected chi connectivity index (χ2v) is 18.7. The predicted molar refractivity (Wildman–Crippen MR) is 187 cm³/mol. The maximum atomic E-state index is 13.4. The molecule has 51 heavy (non-hydrogen) atoms. The van der Waals surface area contributed by atoms with Crippen LogP contribution < -0.4 is 22.8 Å². The standard InChI is InChI=1S/C11H17FN3O5PS.C7H8FN3O3S.C4H11O3P.C3H4O2S/c1-3-19-21(2,17)6-18-11-20-8(5-22-11)15-4-7(12)9(13)14-10(15)16;8-4-1-11(7(12)10-6(4)9)5-2-15(13)3-14-5;1-3-7-8(2,6)4-5;4-3-1-6-2-5-3/h4,8,11H,3,5-6H2,1-2H3,(H2,13,14,16);1,5H,2-3H2,(H2,9,10,12);5H,3-4H2,1-2H3;1-2H2. The highest BCUT2D eigenvalue weighted by Gasteiger charge is 2.31. The molecule has 290 valence electrons. The van der Waals surface area contributed by atoms with Crippen LogP contribution in [0.4, 0.5) is 20.4 Å². The van der Waals surface area contributed by atoms with Gasteiger partial charge in [0, 0.05) is 19.1 Å². The summed E-state index contributed by atoms with van der Waals surface area (Å²) in [5.41, 5.74) is 8.21. The Bertz CT molecular complexity index is 1700. The highest BCUT2D eigenvalue weighted by Crippen LogP contribution is 2.44. The highest BCUT2D eigenvalue weighted by atomic mass is 32.2. The average molecular weight is 829 g/mol. The number of aliphatic hydroxyl groups excluding tert-OH is 1. The van der Waals surface area contributed by atoms with Gasteiger partial charge in [-0.15, -0.1) is 11.8 Å². The first-order chi connectivity index (χ1) is 23.9. The number of hydrogen-bond donors (Lipinski definition) is 3. The lowest BCUT2D eigenvalue weighted by atomic mass is 10.5. The molecule has 0 amide bonds. The number of carbonyl (C=O) groups excluding carboxylic acids is 1. The zero-order valence-corrected chi connectivity index (χ0v) is 32.2. The molecule has 2 aromatic rings. The number of anilines is 2. The summed E-state index contributed by atoms with van der Waals surface area (Å²) in [5, 5.41) is 8.34. The number of ether oxygens (including phenoxy) is 4. The van der Waals surface area contributed by atoms with E-state index in [9.17, 15) is 36.5 Å². The van der Waals surface area contributed by atoms with E-state index in [0.717, 1.165) is 21.5 Å². The Kier molecular flexibility index (Phi) is 18.9. The van der Waals surface area contributed by atoms with Gasteiger partial charge in [-0.1, -0.05) is 11.8 Å². The van der Waals surface area contributed by atoms with Crippen LogP contribution in [0.2, 0.25) is 0 Å². The molecule has 19 nitrogen and oxygen atoms in total. The van der Waals surface area contributed by atoms with Crippen molar-refractivity contribution >= 4 is 66.7 Å². The van der Waals surface area contributed by atoms with Gasteiger partial charge >= 0.3 is 17.3 Å². The Labute approximate surface area is 301 Å². The van der Waals surface area contributed by atoms with Crippen LogP contribution in [0.5, 0.6) is 0 Å². The van der Waals surface area contributed by atoms with E-state index in [0.29, 0.717) is 30.7 Å². The summed E-state index contributed by atoms with van der Waals surface area (Å²) in [7, 11) is -6.59. The molecule has 5 heterocycles. The van der Waals surface area contributed by atoms with E-state index in [-0.39, 0.29) is 30.4 Å². The molecule has 3 fully saturated rings. The zero-order valence-electron chi connectivity index (χ0n) is 27.9. The van der Waals surface area contributed by atoms with Crippen LogP contribution in [0.1, 0.15) is 26.3 Å². The molecule has 0 saturated carbocycles. The molecule has 6 unspecified atom stereocenters. The van der Waals surface area contributed by atoms with Gasteiger partial charge < -0.3 is 44.6 Å². The molecule has 0 radical (unpaired) electrons. The highest BCUT2D eigenvalue weighted by molar-refractivity contribution is 8.00. The molecule has 2 aromatic heterocycles. The number of cyclic esters (lactones) is 1. The number of rotatable bonds is 10. The Morgan fingerprint density at radius 1 is 1.00 bits per heavy atom. The molecule has 3 aliphatic heterocycles. The number of halogens is 2. The van der Waals surface area contributed by atoms with E-state index < -0.39 is 78.3 Å². The molecule has 5 rings (SSSR count). The summed E-state index contributed by atoms with van der Waals surface area (Å²) in [6.45, 7) is 7.08. The number of hydrogen-bond acceptors (Lipinski definition) is 19. The normalized spacial score (nSPS) is 23.3. The van der Waals surface area contributed by atoms with Crippen molar-refractivity contribution in [1.29, 1.82) is 0 Å². The molecular formula is C25H40F2N6O13P2S3. The van der Waals surface area contributed by atoms with Gasteiger partial charge in [-0.2, -0.15) is 9.97 Å². The largest absolute Gasteiger partial charge is 0.454 e. The lowest BCUT2D eigenvalue weighted by Crippen LogP contribution is -2.29. The lowest BCUT2D eigenvalue weighted by Gasteiger charge is -2.17. The number of esters is 1. The van der Waals surface area contributed by atoms with Crippen LogP contribution in [0, 0.1) is 11.6 Å². The fourth-order valence-electron chi connectivity index (χ4n) is 3.59. The van der Waals surface area contributed by atoms with Crippen molar-refractivity contribution in [3.63, 3.8) is 0 Å². The van der Waals surface area contributed by atoms with Crippen LogP contribution in [0.15, 0.2) is 22.0 Å². The van der Waals surface area contributed by atoms with Crippen molar-refractivity contribution in [2.75, 3.05) is 79.8 Å². The van der Waals surface area contributed by atoms with Gasteiger partial charge in [0.1, 0.15) is 24.6 Å². The quantitative estimate of drug-likeness (QED) is 0.227. The third kappa shape index (κ3) is 15.7. The molecule has 0 bridgehead atoms. The fourth-order valence-corrected chi connectivity index (χ4v) is 7.81. The Balaban J connectivity index is 0.000000266. The lowest BCUT2D eigenvalue weighted by molar-refractivity contribution is -0.136. The van der Waals surface area contributed by atoms with Gasteiger partial charge in [0.15, 0.2) is 35.7 Å². The third-order valence-electron chi connectivity index (χ3n) is 5.88. The maximum absolute atomic E-state index is 13.4. The molecule has 5 N–H and O–H groups in total. The summed E-state index contributed by atoms with van der Waals surface area (Å²) >= 11 is 2.77. The van der Waals surface area contributed by atoms with Crippen molar-refractivity contribution < 1.29 is 60.0 Å². The van der Waals surface area contributed by atoms with Crippen LogP contribution in [0.3, 0.4) is 0 Å². The van der Waals surface area contributed by atoms with E-state index in [1.165, 1.54) is 36.9 Å². The summed E-state index contributed by atoms with van der Waals surface area (Å²) in [6.07, 6.45) is -0.0505. The fraction of sp³-hybridized carbons (Fsp3) is 0.640. The summed E-state index contributed by atoms with van der Waals surface area (Å²) < 4.78 is 92.2. The van der Waals surface area contributed by atoms with E-state index in [1.807, 2.05) is 0 Å². The Morgan fingerprint density at radius 3 is 1.96 bits per heavy atom. The van der Waals surface area contributed by atoms with Crippen molar-refractivity contribution in [3.05, 3.63) is 45.0 Å². The minimum atomic E-state index is -2.83. The summed E-state index contributed by atoms with van der Waals surface area (Å²) in [4.78, 5) is 39.7. The number of carbonyl (C=O) groups is 1. The SMILES string of the molecule is CCOP(C)(=O)CO.CCOP(C)(=O)COC1OC(n2cc(F)c(N)nc2=O)CS1.Nc1nc(=O)n(C2CS(=O)CO2)cc1F.O=C1CSCO1. The van der Waals surface area contributed by atoms with Crippen LogP contribution in [-0.2, 0) is 52.7 Å². The number of nitrogen functional groups attached to an aromatic ring is 2. The van der Waals surface area contributed by atoms with Gasteiger partial charge in [-0.3, -0.25) is 27.3 Å². The molecule has 3 aliphatic rings. The van der Waals surface area contributed by atoms with Crippen LogP contribution >= 0.6 is 38.3 Å². The molecular weight excluding hydrogens is 788 g/mol. The number of nitrogens with two attached hydrogens (primary N) is 2. The minimum absolute atomic E-state index is 0.0447. The first kappa shape index (κ1) is 44.9. The van der Waals surface area contributed by atoms with Gasteiger partial charge in [0.25, 0.3) is 0 Å². The zero-order chi connectivity index (χ0) is 38.4. The predicted octanol–water partition coefficient (Wildman–Crippen LogP) is 1.74. The number of nitrogens with zero attached hydrogens (tertiary/aromatic N) is 4. The number of aliphatic hydroxyl groups is 1. The first-order valence-corrected chi connectivity index (χ1v) is 22.8. The van der Waals surface area contributed by atoms with Crippen LogP contribution in [0.25, 0.3) is 0 Å². The maximum Gasteiger partial charge on any atom is 0.351 e. The van der Waals surface area contributed by atoms with Crippen LogP contribution in [-0.4, -0.2) is 108 Å². The second-order valence-electron chi connectivity index (χ2n) is 10.2. The smallest absolute Gasteiger partial charge is 0.351 e. The minimum Gasteiger partial charge on any atom is -0.454 e. The summed E-state index contributed by atoms with van der Waals surface area (Å²) in [5.74, 6) is -0.924. The van der Waals surface area contributed by atoms with E-state index in [2.05, 4.69) is 19.2 Å². The van der Waals surface area contributed by atoms with E-state index in [4.69, 9.17) is 35.3 Å². The Morgan fingerprint density at radius 2 is 1.55 bits per heavy atom. The second kappa shape index (κ2) is 21.5. The monoisotopic (exact) mass is 828 g/mol. The topological polar surface area (TPSA) is 266 Å². The molecule has 0 spiro atoms. The number of aromatic nitrogens is 4. The molecule has 3 saturated heterocycles. The third-order valence-corrected chi connectivity index (χ3v) is 11.4. The van der Waals surface area contributed by atoms with Gasteiger partial charge in [-0.05, 0) is 13.8 Å². The van der Waals surface area contributed by atoms with Crippen molar-refractivity contribution in [3.8, 4) is 0 Å². The van der Waals surface area contributed by atoms with Crippen molar-refractivity contribution in [2.24, 2.45) is 0 Å². The van der Waals surface area contributed by atoms with Gasteiger partial charge in [0.2, 0.25) is 20.4 Å². The molecule has 6 atom stereocenters. The Hall–Kier alpha value is -2.24. The molecule has 26 heteroatoms. The van der Waals surface area contributed by atoms with E-state index in [1.54, 1.807) is 13.8 Å². The molecule has 0 aliphatic carbocycles. The van der Waals surface area contributed by atoms with Crippen molar-refractivity contribution in [2.45, 2.75) is 31.9 Å². The summed E-state index contributed by atoms with van der Waals surface area (Å²) in [6, 6.07) is 0. The number of thioether (sulfide) groups is 2. The van der Waals surface area contributed by atoms with Crippen molar-refractivity contribution in [1.82, 2.24) is 19.1 Å².